The SMILES string of the molecule is CCC(C)NC(=O)CNC(C)(CC)CCO. The van der Waals surface area contributed by atoms with Crippen LogP contribution in [0.25, 0.3) is 0 Å². The van der Waals surface area contributed by atoms with Gasteiger partial charge in [0.05, 0.1) is 6.54 Å². The molecule has 2 atom stereocenters. The third kappa shape index (κ3) is 6.08. The fourth-order valence-electron chi connectivity index (χ4n) is 1.36. The number of carbonyl (C=O) groups excluding carboxylic acids is 1. The first-order valence-corrected chi connectivity index (χ1v) is 6.12. The minimum absolute atomic E-state index is 0.0203. The highest BCUT2D eigenvalue weighted by molar-refractivity contribution is 5.78. The fraction of sp³-hybridized carbons (Fsp3) is 0.917. The number of hydrogen-bond donors (Lipinski definition) is 3. The molecule has 0 aliphatic heterocycles. The molecule has 0 aromatic rings. The van der Waals surface area contributed by atoms with Crippen molar-refractivity contribution in [2.75, 3.05) is 13.2 Å². The Hall–Kier alpha value is -0.610. The van der Waals surface area contributed by atoms with Crippen LogP contribution in [0.15, 0.2) is 0 Å². The number of aliphatic hydroxyl groups excluding tert-OH is 1. The Kier molecular flexibility index (Phi) is 7.34. The van der Waals surface area contributed by atoms with E-state index in [0.29, 0.717) is 13.0 Å². The molecule has 0 saturated carbocycles. The summed E-state index contributed by atoms with van der Waals surface area (Å²) in [7, 11) is 0. The third-order valence-corrected chi connectivity index (χ3v) is 3.14. The van der Waals surface area contributed by atoms with E-state index in [4.69, 9.17) is 5.11 Å². The van der Waals surface area contributed by atoms with E-state index in [2.05, 4.69) is 17.6 Å². The molecule has 96 valence electrons. The normalized spacial score (nSPS) is 16.6. The topological polar surface area (TPSA) is 61.4 Å². The Balaban J connectivity index is 3.97. The van der Waals surface area contributed by atoms with Gasteiger partial charge in [-0.25, -0.2) is 0 Å². The Labute approximate surface area is 98.8 Å². The highest BCUT2D eigenvalue weighted by atomic mass is 16.3. The molecule has 0 aromatic carbocycles. The summed E-state index contributed by atoms with van der Waals surface area (Å²) in [6.07, 6.45) is 2.50. The second-order valence-electron chi connectivity index (χ2n) is 4.62. The van der Waals surface area contributed by atoms with Crippen molar-refractivity contribution in [1.29, 1.82) is 0 Å². The van der Waals surface area contributed by atoms with Crippen LogP contribution in [0.1, 0.15) is 47.0 Å². The van der Waals surface area contributed by atoms with E-state index < -0.39 is 0 Å². The molecule has 0 radical (unpaired) electrons. The van der Waals surface area contributed by atoms with Crippen molar-refractivity contribution in [1.82, 2.24) is 10.6 Å². The molecule has 0 bridgehead atoms. The van der Waals surface area contributed by atoms with Gasteiger partial charge >= 0.3 is 0 Å². The van der Waals surface area contributed by atoms with Crippen molar-refractivity contribution in [2.24, 2.45) is 0 Å². The van der Waals surface area contributed by atoms with E-state index in [1.807, 2.05) is 20.8 Å². The zero-order valence-corrected chi connectivity index (χ0v) is 11.0. The molecular weight excluding hydrogens is 204 g/mol. The van der Waals surface area contributed by atoms with Gasteiger partial charge in [-0.1, -0.05) is 13.8 Å². The van der Waals surface area contributed by atoms with Crippen LogP contribution in [0.4, 0.5) is 0 Å². The quantitative estimate of drug-likeness (QED) is 0.584. The van der Waals surface area contributed by atoms with Crippen LogP contribution in [0, 0.1) is 0 Å². The van der Waals surface area contributed by atoms with E-state index in [9.17, 15) is 4.79 Å². The van der Waals surface area contributed by atoms with Gasteiger partial charge in [0.2, 0.25) is 5.91 Å². The van der Waals surface area contributed by atoms with Gasteiger partial charge in [0.15, 0.2) is 0 Å². The van der Waals surface area contributed by atoms with Crippen LogP contribution >= 0.6 is 0 Å². The number of hydrogen-bond acceptors (Lipinski definition) is 3. The van der Waals surface area contributed by atoms with Crippen LogP contribution in [0.3, 0.4) is 0 Å². The lowest BCUT2D eigenvalue weighted by molar-refractivity contribution is -0.121. The molecule has 0 heterocycles. The zero-order chi connectivity index (χ0) is 12.6. The largest absolute Gasteiger partial charge is 0.396 e. The van der Waals surface area contributed by atoms with Crippen molar-refractivity contribution >= 4 is 5.91 Å². The summed E-state index contributed by atoms with van der Waals surface area (Å²) in [6, 6.07) is 0.222. The van der Waals surface area contributed by atoms with Crippen molar-refractivity contribution < 1.29 is 9.90 Å². The minimum atomic E-state index is -0.151. The predicted molar refractivity (Wildman–Crippen MR) is 66.3 cm³/mol. The molecule has 0 aliphatic rings. The molecule has 0 saturated heterocycles. The van der Waals surface area contributed by atoms with Crippen LogP contribution < -0.4 is 10.6 Å². The summed E-state index contributed by atoms with van der Waals surface area (Å²) in [5.41, 5.74) is -0.151. The van der Waals surface area contributed by atoms with E-state index in [1.54, 1.807) is 0 Å². The summed E-state index contributed by atoms with van der Waals surface area (Å²) in [4.78, 5) is 11.5. The van der Waals surface area contributed by atoms with E-state index in [0.717, 1.165) is 12.8 Å². The number of carbonyl (C=O) groups is 1. The third-order valence-electron chi connectivity index (χ3n) is 3.14. The first kappa shape index (κ1) is 15.4. The average Bonchev–Trinajstić information content (AvgIpc) is 2.26. The van der Waals surface area contributed by atoms with Gasteiger partial charge in [0, 0.05) is 18.2 Å². The molecule has 3 N–H and O–H groups in total. The molecular formula is C12H26N2O2. The summed E-state index contributed by atoms with van der Waals surface area (Å²) >= 11 is 0. The molecule has 16 heavy (non-hydrogen) atoms. The maximum Gasteiger partial charge on any atom is 0.234 e. The van der Waals surface area contributed by atoms with Crippen LogP contribution in [0.5, 0.6) is 0 Å². The Bertz CT molecular complexity index is 209. The smallest absolute Gasteiger partial charge is 0.234 e. The van der Waals surface area contributed by atoms with Crippen molar-refractivity contribution in [3.05, 3.63) is 0 Å². The molecule has 1 amide bonds. The molecule has 4 heteroatoms. The standard InChI is InChI=1S/C12H26N2O2/c1-5-10(3)14-11(16)9-13-12(4,6-2)7-8-15/h10,13,15H,5-9H2,1-4H3,(H,14,16). The van der Waals surface area contributed by atoms with Crippen molar-refractivity contribution in [3.63, 3.8) is 0 Å². The van der Waals surface area contributed by atoms with Crippen LogP contribution in [-0.4, -0.2) is 35.7 Å². The number of rotatable bonds is 8. The lowest BCUT2D eigenvalue weighted by Crippen LogP contribution is -2.48. The Morgan fingerprint density at radius 2 is 2.06 bits per heavy atom. The highest BCUT2D eigenvalue weighted by Gasteiger charge is 2.21. The van der Waals surface area contributed by atoms with E-state index in [1.165, 1.54) is 0 Å². The summed E-state index contributed by atoms with van der Waals surface area (Å²) < 4.78 is 0. The average molecular weight is 230 g/mol. The van der Waals surface area contributed by atoms with E-state index in [-0.39, 0.29) is 24.1 Å². The Morgan fingerprint density at radius 1 is 1.44 bits per heavy atom. The van der Waals surface area contributed by atoms with Crippen LogP contribution in [-0.2, 0) is 4.79 Å². The molecule has 0 fully saturated rings. The zero-order valence-electron chi connectivity index (χ0n) is 11.0. The number of nitrogens with one attached hydrogen (secondary N) is 2. The Morgan fingerprint density at radius 3 is 2.50 bits per heavy atom. The lowest BCUT2D eigenvalue weighted by atomic mass is 9.95. The fourth-order valence-corrected chi connectivity index (χ4v) is 1.36. The summed E-state index contributed by atoms with van der Waals surface area (Å²) in [6.45, 7) is 8.57. The van der Waals surface area contributed by atoms with Gasteiger partial charge in [-0.05, 0) is 33.1 Å². The van der Waals surface area contributed by atoms with Crippen LogP contribution in [0.2, 0.25) is 0 Å². The van der Waals surface area contributed by atoms with Gasteiger partial charge in [-0.15, -0.1) is 0 Å². The van der Waals surface area contributed by atoms with Crippen molar-refractivity contribution in [3.8, 4) is 0 Å². The maximum atomic E-state index is 11.5. The van der Waals surface area contributed by atoms with Crippen molar-refractivity contribution in [2.45, 2.75) is 58.5 Å². The lowest BCUT2D eigenvalue weighted by Gasteiger charge is -2.29. The minimum Gasteiger partial charge on any atom is -0.396 e. The van der Waals surface area contributed by atoms with Gasteiger partial charge in [0.25, 0.3) is 0 Å². The monoisotopic (exact) mass is 230 g/mol. The van der Waals surface area contributed by atoms with Gasteiger partial charge in [-0.3, -0.25) is 4.79 Å². The van der Waals surface area contributed by atoms with Gasteiger partial charge < -0.3 is 15.7 Å². The number of amides is 1. The summed E-state index contributed by atoms with van der Waals surface area (Å²) in [5, 5.41) is 15.0. The van der Waals surface area contributed by atoms with Gasteiger partial charge in [-0.2, -0.15) is 0 Å². The molecule has 4 nitrogen and oxygen atoms in total. The first-order valence-electron chi connectivity index (χ1n) is 6.12. The molecule has 0 aliphatic carbocycles. The second kappa shape index (κ2) is 7.63. The summed E-state index contributed by atoms with van der Waals surface area (Å²) in [5.74, 6) is 0.0203. The second-order valence-corrected chi connectivity index (χ2v) is 4.62. The highest BCUT2D eigenvalue weighted by Crippen LogP contribution is 2.12. The predicted octanol–water partition coefficient (Wildman–Crippen LogP) is 1.04. The molecule has 0 spiro atoms. The molecule has 0 aromatic heterocycles. The molecule has 2 unspecified atom stereocenters. The molecule has 0 rings (SSSR count). The maximum absolute atomic E-state index is 11.5. The first-order chi connectivity index (χ1) is 7.47. The van der Waals surface area contributed by atoms with E-state index >= 15 is 0 Å². The number of aliphatic hydroxyl groups is 1. The van der Waals surface area contributed by atoms with Gasteiger partial charge in [0.1, 0.15) is 0 Å².